The summed E-state index contributed by atoms with van der Waals surface area (Å²) in [6.45, 7) is 4.08. The van der Waals surface area contributed by atoms with Crippen molar-refractivity contribution in [2.75, 3.05) is 19.9 Å². The van der Waals surface area contributed by atoms with Crippen molar-refractivity contribution >= 4 is 18.3 Å². The van der Waals surface area contributed by atoms with Crippen molar-refractivity contribution in [2.24, 2.45) is 5.73 Å². The van der Waals surface area contributed by atoms with E-state index in [0.29, 0.717) is 26.1 Å². The fourth-order valence-electron chi connectivity index (χ4n) is 2.05. The van der Waals surface area contributed by atoms with Gasteiger partial charge < -0.3 is 20.1 Å². The van der Waals surface area contributed by atoms with E-state index in [1.807, 2.05) is 30.0 Å². The molecule has 1 amide bonds. The highest BCUT2D eigenvalue weighted by atomic mass is 35.5. The first-order valence-electron chi connectivity index (χ1n) is 6.61. The molecule has 0 spiro atoms. The number of halogens is 1. The van der Waals surface area contributed by atoms with E-state index in [9.17, 15) is 4.79 Å². The van der Waals surface area contributed by atoms with Crippen LogP contribution < -0.4 is 15.2 Å². The summed E-state index contributed by atoms with van der Waals surface area (Å²) in [5.74, 6) is 1.66. The molecule has 0 saturated carbocycles. The second-order valence-electron chi connectivity index (χ2n) is 4.49. The van der Waals surface area contributed by atoms with Crippen molar-refractivity contribution in [2.45, 2.75) is 26.3 Å². The van der Waals surface area contributed by atoms with Crippen molar-refractivity contribution in [1.82, 2.24) is 4.90 Å². The fourth-order valence-corrected chi connectivity index (χ4v) is 2.05. The molecule has 1 aliphatic heterocycles. The van der Waals surface area contributed by atoms with Crippen LogP contribution in [-0.2, 0) is 11.3 Å². The largest absolute Gasteiger partial charge is 0.454 e. The van der Waals surface area contributed by atoms with Gasteiger partial charge in [-0.25, -0.2) is 0 Å². The number of amides is 1. The van der Waals surface area contributed by atoms with Crippen LogP contribution in [0.1, 0.15) is 25.3 Å². The SMILES string of the molecule is CCN(Cc1ccc2c(c1)OCO2)C(=O)CCCN.Cl. The molecule has 0 bridgehead atoms. The van der Waals surface area contributed by atoms with Crippen LogP contribution in [0.5, 0.6) is 11.5 Å². The average molecular weight is 301 g/mol. The third-order valence-corrected chi connectivity index (χ3v) is 3.14. The molecule has 112 valence electrons. The highest BCUT2D eigenvalue weighted by Gasteiger charge is 2.16. The molecule has 20 heavy (non-hydrogen) atoms. The summed E-state index contributed by atoms with van der Waals surface area (Å²) in [7, 11) is 0. The number of hydrogen-bond donors (Lipinski definition) is 1. The summed E-state index contributed by atoms with van der Waals surface area (Å²) in [6, 6.07) is 5.78. The highest BCUT2D eigenvalue weighted by molar-refractivity contribution is 5.85. The normalized spacial score (nSPS) is 11.9. The van der Waals surface area contributed by atoms with E-state index in [4.69, 9.17) is 15.2 Å². The number of nitrogens with zero attached hydrogens (tertiary/aromatic N) is 1. The van der Waals surface area contributed by atoms with Gasteiger partial charge in [-0.05, 0) is 37.6 Å². The summed E-state index contributed by atoms with van der Waals surface area (Å²) >= 11 is 0. The number of nitrogens with two attached hydrogens (primary N) is 1. The predicted octanol–water partition coefficient (Wildman–Crippen LogP) is 1.92. The van der Waals surface area contributed by atoms with Crippen LogP contribution in [0.4, 0.5) is 0 Å². The van der Waals surface area contributed by atoms with E-state index < -0.39 is 0 Å². The van der Waals surface area contributed by atoms with E-state index in [1.165, 1.54) is 0 Å². The smallest absolute Gasteiger partial charge is 0.231 e. The maximum absolute atomic E-state index is 12.0. The van der Waals surface area contributed by atoms with Gasteiger partial charge in [0, 0.05) is 19.5 Å². The third kappa shape index (κ3) is 4.02. The second kappa shape index (κ2) is 7.97. The predicted molar refractivity (Wildman–Crippen MR) is 79.2 cm³/mol. The first kappa shape index (κ1) is 16.6. The average Bonchev–Trinajstić information content (AvgIpc) is 2.89. The number of fused-ring (bicyclic) bond motifs is 1. The molecule has 0 radical (unpaired) electrons. The molecule has 1 aliphatic rings. The lowest BCUT2D eigenvalue weighted by Crippen LogP contribution is -2.30. The Labute approximate surface area is 125 Å². The lowest BCUT2D eigenvalue weighted by atomic mass is 10.1. The van der Waals surface area contributed by atoms with E-state index in [0.717, 1.165) is 23.5 Å². The molecule has 0 aliphatic carbocycles. The Morgan fingerprint density at radius 3 is 2.80 bits per heavy atom. The Bertz CT molecular complexity index is 454. The zero-order chi connectivity index (χ0) is 13.7. The molecule has 0 aromatic heterocycles. The zero-order valence-corrected chi connectivity index (χ0v) is 12.4. The summed E-state index contributed by atoms with van der Waals surface area (Å²) in [5, 5.41) is 0. The Morgan fingerprint density at radius 1 is 1.35 bits per heavy atom. The standard InChI is InChI=1S/C14H20N2O3.ClH/c1-2-16(14(17)4-3-7-15)9-11-5-6-12-13(8-11)19-10-18-12;/h5-6,8H,2-4,7,9-10,15H2,1H3;1H. The Kier molecular flexibility index (Phi) is 6.61. The molecule has 6 heteroatoms. The Hall–Kier alpha value is -1.46. The first-order valence-corrected chi connectivity index (χ1v) is 6.61. The van der Waals surface area contributed by atoms with Crippen molar-refractivity contribution in [3.05, 3.63) is 23.8 Å². The van der Waals surface area contributed by atoms with Crippen LogP contribution in [-0.4, -0.2) is 30.7 Å². The van der Waals surface area contributed by atoms with Gasteiger partial charge in [0.15, 0.2) is 11.5 Å². The quantitative estimate of drug-likeness (QED) is 0.872. The molecule has 2 rings (SSSR count). The fraction of sp³-hybridized carbons (Fsp3) is 0.500. The molecular formula is C14H21ClN2O3. The molecule has 1 heterocycles. The topological polar surface area (TPSA) is 64.8 Å². The molecule has 0 unspecified atom stereocenters. The van der Waals surface area contributed by atoms with Crippen LogP contribution in [0.25, 0.3) is 0 Å². The van der Waals surface area contributed by atoms with Gasteiger partial charge in [-0.15, -0.1) is 12.4 Å². The summed E-state index contributed by atoms with van der Waals surface area (Å²) in [5.41, 5.74) is 6.48. The molecule has 1 aromatic rings. The van der Waals surface area contributed by atoms with Gasteiger partial charge in [-0.1, -0.05) is 6.07 Å². The number of rotatable bonds is 6. The first-order chi connectivity index (χ1) is 9.24. The third-order valence-electron chi connectivity index (χ3n) is 3.14. The van der Waals surface area contributed by atoms with Crippen molar-refractivity contribution in [3.63, 3.8) is 0 Å². The minimum absolute atomic E-state index is 0. The van der Waals surface area contributed by atoms with Crippen LogP contribution in [0.15, 0.2) is 18.2 Å². The zero-order valence-electron chi connectivity index (χ0n) is 11.6. The van der Waals surface area contributed by atoms with Crippen LogP contribution in [0, 0.1) is 0 Å². The molecular weight excluding hydrogens is 280 g/mol. The molecule has 0 atom stereocenters. The highest BCUT2D eigenvalue weighted by Crippen LogP contribution is 2.32. The lowest BCUT2D eigenvalue weighted by molar-refractivity contribution is -0.131. The maximum atomic E-state index is 12.0. The minimum atomic E-state index is 0. The van der Waals surface area contributed by atoms with E-state index in [-0.39, 0.29) is 25.1 Å². The van der Waals surface area contributed by atoms with Gasteiger partial charge in [0.2, 0.25) is 12.7 Å². The van der Waals surface area contributed by atoms with Gasteiger partial charge in [-0.2, -0.15) is 0 Å². The van der Waals surface area contributed by atoms with Crippen molar-refractivity contribution < 1.29 is 14.3 Å². The van der Waals surface area contributed by atoms with Crippen molar-refractivity contribution in [3.8, 4) is 11.5 Å². The number of carbonyl (C=O) groups is 1. The summed E-state index contributed by atoms with van der Waals surface area (Å²) in [4.78, 5) is 13.8. The molecule has 2 N–H and O–H groups in total. The monoisotopic (exact) mass is 300 g/mol. The number of hydrogen-bond acceptors (Lipinski definition) is 4. The number of benzene rings is 1. The molecule has 0 saturated heterocycles. The number of ether oxygens (including phenoxy) is 2. The maximum Gasteiger partial charge on any atom is 0.231 e. The number of carbonyl (C=O) groups excluding carboxylic acids is 1. The van der Waals surface area contributed by atoms with E-state index >= 15 is 0 Å². The Balaban J connectivity index is 0.00000200. The molecule has 5 nitrogen and oxygen atoms in total. The molecule has 0 fully saturated rings. The molecule has 1 aromatic carbocycles. The summed E-state index contributed by atoms with van der Waals surface area (Å²) < 4.78 is 10.6. The van der Waals surface area contributed by atoms with Crippen molar-refractivity contribution in [1.29, 1.82) is 0 Å². The Morgan fingerprint density at radius 2 is 2.10 bits per heavy atom. The van der Waals surface area contributed by atoms with Gasteiger partial charge in [0.25, 0.3) is 0 Å². The van der Waals surface area contributed by atoms with Gasteiger partial charge in [-0.3, -0.25) is 4.79 Å². The van der Waals surface area contributed by atoms with Gasteiger partial charge in [0.1, 0.15) is 0 Å². The van der Waals surface area contributed by atoms with Crippen LogP contribution in [0.3, 0.4) is 0 Å². The minimum Gasteiger partial charge on any atom is -0.454 e. The van der Waals surface area contributed by atoms with E-state index in [2.05, 4.69) is 0 Å². The van der Waals surface area contributed by atoms with Crippen LogP contribution in [0.2, 0.25) is 0 Å². The van der Waals surface area contributed by atoms with Gasteiger partial charge >= 0.3 is 0 Å². The van der Waals surface area contributed by atoms with Gasteiger partial charge in [0.05, 0.1) is 0 Å². The second-order valence-corrected chi connectivity index (χ2v) is 4.49. The lowest BCUT2D eigenvalue weighted by Gasteiger charge is -2.21. The van der Waals surface area contributed by atoms with E-state index in [1.54, 1.807) is 0 Å². The van der Waals surface area contributed by atoms with Crippen LogP contribution >= 0.6 is 12.4 Å². The summed E-state index contributed by atoms with van der Waals surface area (Å²) in [6.07, 6.45) is 1.24.